The van der Waals surface area contributed by atoms with E-state index < -0.39 is 0 Å². The molecule has 142 valence electrons. The smallest absolute Gasteiger partial charge is 0.291 e. The van der Waals surface area contributed by atoms with Crippen LogP contribution in [0.2, 0.25) is 0 Å². The Balaban J connectivity index is 1.36. The Bertz CT molecular complexity index is 782. The molecule has 0 aliphatic carbocycles. The molecule has 27 heavy (non-hydrogen) atoms. The number of hydrogen-bond acceptors (Lipinski definition) is 2. The van der Waals surface area contributed by atoms with Crippen molar-refractivity contribution in [2.45, 2.75) is 25.7 Å². The van der Waals surface area contributed by atoms with Gasteiger partial charge in [0.25, 0.3) is 0 Å². The Morgan fingerprint density at radius 1 is 1.00 bits per heavy atom. The van der Waals surface area contributed by atoms with Gasteiger partial charge in [0.15, 0.2) is 0 Å². The van der Waals surface area contributed by atoms with Crippen molar-refractivity contribution in [3.8, 4) is 0 Å². The van der Waals surface area contributed by atoms with E-state index in [1.807, 2.05) is 5.01 Å². The quantitative estimate of drug-likeness (QED) is 0.787. The number of anilines is 1. The van der Waals surface area contributed by atoms with Crippen molar-refractivity contribution < 1.29 is 9.18 Å². The first-order valence-electron chi connectivity index (χ1n) is 9.84. The maximum Gasteiger partial charge on any atom is 0.339 e. The molecule has 2 fully saturated rings. The fraction of sp³-hybridized carbons (Fsp3) is 0.409. The van der Waals surface area contributed by atoms with Gasteiger partial charge in [0, 0.05) is 25.3 Å². The highest BCUT2D eigenvalue weighted by Crippen LogP contribution is 2.27. The topological polar surface area (TPSA) is 26.8 Å². The number of hydrogen-bond donors (Lipinski definition) is 0. The van der Waals surface area contributed by atoms with Crippen LogP contribution in [-0.2, 0) is 6.42 Å². The summed E-state index contributed by atoms with van der Waals surface area (Å²) in [6.45, 7) is 3.12. The average Bonchev–Trinajstić information content (AvgIpc) is 3.09. The van der Waals surface area contributed by atoms with Crippen LogP contribution in [0.25, 0.3) is 0 Å². The summed E-state index contributed by atoms with van der Waals surface area (Å²) in [7, 11) is 0. The number of hydrazine groups is 1. The number of rotatable bonds is 5. The molecule has 4 rings (SSSR count). The summed E-state index contributed by atoms with van der Waals surface area (Å²) in [5, 5.41) is 4.07. The molecule has 2 heterocycles. The number of nitrogens with zero attached hydrogens (tertiary/aromatic N) is 3. The zero-order valence-electron chi connectivity index (χ0n) is 15.6. The van der Waals surface area contributed by atoms with Crippen LogP contribution in [0, 0.1) is 11.7 Å². The molecule has 2 aliphatic heterocycles. The van der Waals surface area contributed by atoms with Gasteiger partial charge >= 0.3 is 6.03 Å². The molecule has 0 unspecified atom stereocenters. The predicted molar refractivity (Wildman–Crippen MR) is 105 cm³/mol. The van der Waals surface area contributed by atoms with Gasteiger partial charge in [-0.2, -0.15) is 0 Å². The maximum absolute atomic E-state index is 13.5. The molecule has 0 N–H and O–H groups in total. The molecule has 2 aromatic carbocycles. The van der Waals surface area contributed by atoms with Crippen molar-refractivity contribution in [1.29, 1.82) is 0 Å². The van der Waals surface area contributed by atoms with Crippen LogP contribution < -0.4 is 4.90 Å². The van der Waals surface area contributed by atoms with E-state index >= 15 is 0 Å². The Kier molecular flexibility index (Phi) is 5.39. The number of piperidine rings is 1. The van der Waals surface area contributed by atoms with Crippen LogP contribution in [-0.4, -0.2) is 42.2 Å². The normalized spacial score (nSPS) is 21.1. The van der Waals surface area contributed by atoms with Crippen molar-refractivity contribution in [3.05, 3.63) is 66.0 Å². The molecule has 0 spiro atoms. The van der Waals surface area contributed by atoms with Gasteiger partial charge in [0.1, 0.15) is 5.82 Å². The van der Waals surface area contributed by atoms with Crippen LogP contribution in [0.15, 0.2) is 54.6 Å². The van der Waals surface area contributed by atoms with Crippen LogP contribution in [0.4, 0.5) is 14.9 Å². The minimum atomic E-state index is -0.308. The van der Waals surface area contributed by atoms with Gasteiger partial charge in [-0.25, -0.2) is 14.2 Å². The summed E-state index contributed by atoms with van der Waals surface area (Å²) in [6.07, 6.45) is 4.57. The van der Waals surface area contributed by atoms with E-state index in [4.69, 9.17) is 0 Å². The second-order valence-corrected chi connectivity index (χ2v) is 7.48. The van der Waals surface area contributed by atoms with E-state index in [9.17, 15) is 9.18 Å². The highest BCUT2D eigenvalue weighted by molar-refractivity contribution is 5.93. The zero-order valence-corrected chi connectivity index (χ0v) is 15.6. The fourth-order valence-corrected chi connectivity index (χ4v) is 4.18. The number of benzene rings is 2. The summed E-state index contributed by atoms with van der Waals surface area (Å²) < 4.78 is 13.5. The molecule has 2 amide bonds. The van der Waals surface area contributed by atoms with E-state index in [2.05, 4.69) is 35.3 Å². The summed E-state index contributed by atoms with van der Waals surface area (Å²) >= 11 is 0. The fourth-order valence-electron chi connectivity index (χ4n) is 4.18. The van der Waals surface area contributed by atoms with E-state index in [1.165, 1.54) is 24.1 Å². The second-order valence-electron chi connectivity index (χ2n) is 7.48. The van der Waals surface area contributed by atoms with Gasteiger partial charge < -0.3 is 0 Å². The van der Waals surface area contributed by atoms with E-state index in [0.717, 1.165) is 32.4 Å². The lowest BCUT2D eigenvalue weighted by Crippen LogP contribution is -2.50. The predicted octanol–water partition coefficient (Wildman–Crippen LogP) is 4.33. The molecular weight excluding hydrogens is 341 g/mol. The highest BCUT2D eigenvalue weighted by atomic mass is 19.1. The largest absolute Gasteiger partial charge is 0.339 e. The van der Waals surface area contributed by atoms with Crippen molar-refractivity contribution >= 4 is 11.7 Å². The van der Waals surface area contributed by atoms with Crippen LogP contribution in [0.1, 0.15) is 24.8 Å². The van der Waals surface area contributed by atoms with E-state index in [-0.39, 0.29) is 11.8 Å². The minimum absolute atomic E-state index is 0.0377. The average molecular weight is 367 g/mol. The summed E-state index contributed by atoms with van der Waals surface area (Å²) in [6, 6.07) is 16.8. The molecule has 2 saturated heterocycles. The maximum atomic E-state index is 13.5. The lowest BCUT2D eigenvalue weighted by molar-refractivity contribution is -0.00550. The molecule has 1 atom stereocenters. The van der Waals surface area contributed by atoms with Crippen LogP contribution in [0.3, 0.4) is 0 Å². The molecule has 5 heteroatoms. The Hall–Kier alpha value is -2.40. The summed E-state index contributed by atoms with van der Waals surface area (Å²) in [5.41, 5.74) is 2.02. The van der Waals surface area contributed by atoms with Gasteiger partial charge in [-0.3, -0.25) is 9.91 Å². The second kappa shape index (κ2) is 8.09. The third-order valence-corrected chi connectivity index (χ3v) is 5.63. The summed E-state index contributed by atoms with van der Waals surface area (Å²) in [5.74, 6) is 0.299. The summed E-state index contributed by atoms with van der Waals surface area (Å²) in [4.78, 5) is 14.6. The lowest BCUT2D eigenvalue weighted by atomic mass is 9.92. The van der Waals surface area contributed by atoms with Crippen LogP contribution >= 0.6 is 0 Å². The number of aryl methyl sites for hydroxylation is 1. The monoisotopic (exact) mass is 367 g/mol. The first kappa shape index (κ1) is 18.0. The first-order valence-corrected chi connectivity index (χ1v) is 9.84. The number of amides is 2. The molecule has 2 aliphatic rings. The Labute approximate surface area is 160 Å². The molecular formula is C22H26FN3O. The molecule has 0 aromatic heterocycles. The molecule has 0 saturated carbocycles. The zero-order chi connectivity index (χ0) is 18.6. The van der Waals surface area contributed by atoms with Gasteiger partial charge in [-0.05, 0) is 55.4 Å². The highest BCUT2D eigenvalue weighted by Gasteiger charge is 2.35. The lowest BCUT2D eigenvalue weighted by Gasteiger charge is -2.38. The number of carbonyl (C=O) groups is 1. The van der Waals surface area contributed by atoms with E-state index in [1.54, 1.807) is 17.0 Å². The Morgan fingerprint density at radius 2 is 1.85 bits per heavy atom. The Morgan fingerprint density at radius 3 is 2.67 bits per heavy atom. The number of carbonyl (C=O) groups excluding carboxylic acids is 1. The minimum Gasteiger partial charge on any atom is -0.291 e. The van der Waals surface area contributed by atoms with Crippen LogP contribution in [0.5, 0.6) is 0 Å². The third-order valence-electron chi connectivity index (χ3n) is 5.63. The molecule has 2 aromatic rings. The van der Waals surface area contributed by atoms with Gasteiger partial charge in [0.05, 0.1) is 6.54 Å². The molecule has 0 radical (unpaired) electrons. The number of urea groups is 1. The van der Waals surface area contributed by atoms with E-state index in [0.29, 0.717) is 24.7 Å². The first-order chi connectivity index (χ1) is 13.2. The van der Waals surface area contributed by atoms with Crippen molar-refractivity contribution in [2.75, 3.05) is 31.1 Å². The van der Waals surface area contributed by atoms with Crippen molar-refractivity contribution in [2.24, 2.45) is 5.92 Å². The van der Waals surface area contributed by atoms with Gasteiger partial charge in [-0.15, -0.1) is 0 Å². The standard InChI is InChI=1S/C22H26FN3O/c23-20-9-4-10-21(16-20)25-14-15-26(22(25)27)24-13-5-8-19(17-24)12-11-18-6-2-1-3-7-18/h1-4,6-7,9-10,16,19H,5,8,11-15,17H2/t19-/m0/s1. The molecule has 4 nitrogen and oxygen atoms in total. The third kappa shape index (κ3) is 4.14. The SMILES string of the molecule is O=C1N(c2cccc(F)c2)CCN1N1CCC[C@@H](CCc2ccccc2)C1. The van der Waals surface area contributed by atoms with Crippen molar-refractivity contribution in [1.82, 2.24) is 10.0 Å². The number of halogens is 1. The van der Waals surface area contributed by atoms with Gasteiger partial charge in [0.2, 0.25) is 0 Å². The van der Waals surface area contributed by atoms with Gasteiger partial charge in [-0.1, -0.05) is 36.4 Å². The molecule has 0 bridgehead atoms. The van der Waals surface area contributed by atoms with Crippen molar-refractivity contribution in [3.63, 3.8) is 0 Å².